The Bertz CT molecular complexity index is 668. The van der Waals surface area contributed by atoms with Gasteiger partial charge >= 0.3 is 0 Å². The maximum Gasteiger partial charge on any atom is 0.256 e. The average molecular weight is 303 g/mol. The smallest absolute Gasteiger partial charge is 0.256 e. The normalized spacial score (nSPS) is 9.70. The number of carbonyl (C=O) groups is 1. The van der Waals surface area contributed by atoms with Gasteiger partial charge in [0.05, 0.1) is 16.1 Å². The highest BCUT2D eigenvalue weighted by Crippen LogP contribution is 2.25. The van der Waals surface area contributed by atoms with Crippen LogP contribution in [0.15, 0.2) is 40.6 Å². The van der Waals surface area contributed by atoms with E-state index in [1.807, 2.05) is 30.5 Å². The van der Waals surface area contributed by atoms with Crippen molar-refractivity contribution in [2.45, 2.75) is 4.90 Å². The molecular weight excluding hydrogens is 290 g/mol. The molecule has 2 aromatic rings. The van der Waals surface area contributed by atoms with Crippen LogP contribution in [0.5, 0.6) is 0 Å². The lowest BCUT2D eigenvalue weighted by Crippen LogP contribution is -2.11. The van der Waals surface area contributed by atoms with Crippen LogP contribution in [0.25, 0.3) is 0 Å². The van der Waals surface area contributed by atoms with Gasteiger partial charge in [0.2, 0.25) is 0 Å². The molecule has 0 unspecified atom stereocenters. The molecule has 0 atom stereocenters. The lowest BCUT2D eigenvalue weighted by Gasteiger charge is -2.07. The fourth-order valence-electron chi connectivity index (χ4n) is 1.59. The molecular formula is C15H13NO2S2. The van der Waals surface area contributed by atoms with Gasteiger partial charge in [-0.15, -0.1) is 23.1 Å². The number of thiophene rings is 1. The minimum atomic E-state index is -0.180. The summed E-state index contributed by atoms with van der Waals surface area (Å²) in [5.74, 6) is 5.20. The van der Waals surface area contributed by atoms with Crippen molar-refractivity contribution in [2.24, 2.45) is 0 Å². The van der Waals surface area contributed by atoms with Crippen molar-refractivity contribution in [3.63, 3.8) is 0 Å². The molecule has 5 heteroatoms. The van der Waals surface area contributed by atoms with E-state index in [1.165, 1.54) is 11.3 Å². The molecule has 0 aliphatic carbocycles. The minimum Gasteiger partial charge on any atom is -0.384 e. The minimum absolute atomic E-state index is 0.153. The number of para-hydroxylation sites is 1. The van der Waals surface area contributed by atoms with Gasteiger partial charge in [-0.25, -0.2) is 0 Å². The second-order valence-electron chi connectivity index (χ2n) is 3.81. The average Bonchev–Trinajstić information content (AvgIpc) is 2.94. The number of thioether (sulfide) groups is 1. The third-order valence-electron chi connectivity index (χ3n) is 2.51. The summed E-state index contributed by atoms with van der Waals surface area (Å²) < 4.78 is 0. The van der Waals surface area contributed by atoms with Gasteiger partial charge in [-0.3, -0.25) is 4.79 Å². The summed E-state index contributed by atoms with van der Waals surface area (Å²) in [6.45, 7) is -0.180. The van der Waals surface area contributed by atoms with E-state index in [4.69, 9.17) is 5.11 Å². The highest BCUT2D eigenvalue weighted by molar-refractivity contribution is 7.98. The second-order valence-corrected chi connectivity index (χ2v) is 5.57. The van der Waals surface area contributed by atoms with Crippen molar-refractivity contribution >= 4 is 34.7 Å². The molecule has 0 fully saturated rings. The number of carbonyl (C=O) groups excluding carboxylic acids is 1. The number of aliphatic hydroxyl groups excluding tert-OH is 1. The zero-order valence-electron chi connectivity index (χ0n) is 10.8. The van der Waals surface area contributed by atoms with E-state index < -0.39 is 0 Å². The van der Waals surface area contributed by atoms with Crippen molar-refractivity contribution in [1.29, 1.82) is 0 Å². The number of rotatable bonds is 3. The van der Waals surface area contributed by atoms with Gasteiger partial charge in [0.1, 0.15) is 6.61 Å². The molecule has 0 aliphatic heterocycles. The van der Waals surface area contributed by atoms with Gasteiger partial charge in [0.15, 0.2) is 0 Å². The van der Waals surface area contributed by atoms with Crippen molar-refractivity contribution in [2.75, 3.05) is 18.2 Å². The van der Waals surface area contributed by atoms with Crippen molar-refractivity contribution < 1.29 is 9.90 Å². The highest BCUT2D eigenvalue weighted by Gasteiger charge is 2.10. The first kappa shape index (κ1) is 14.7. The molecule has 20 heavy (non-hydrogen) atoms. The lowest BCUT2D eigenvalue weighted by atomic mass is 10.2. The Hall–Kier alpha value is -1.74. The topological polar surface area (TPSA) is 49.3 Å². The van der Waals surface area contributed by atoms with E-state index in [1.54, 1.807) is 23.2 Å². The lowest BCUT2D eigenvalue weighted by molar-refractivity contribution is 0.102. The first-order valence-electron chi connectivity index (χ1n) is 5.87. The summed E-state index contributed by atoms with van der Waals surface area (Å²) in [5, 5.41) is 13.3. The predicted octanol–water partition coefficient (Wildman–Crippen LogP) is 3.07. The predicted molar refractivity (Wildman–Crippen MR) is 84.5 cm³/mol. The van der Waals surface area contributed by atoms with E-state index in [0.717, 1.165) is 15.5 Å². The van der Waals surface area contributed by atoms with Gasteiger partial charge in [-0.1, -0.05) is 24.0 Å². The number of hydrogen-bond acceptors (Lipinski definition) is 4. The van der Waals surface area contributed by atoms with Crippen LogP contribution in [0.3, 0.4) is 0 Å². The quantitative estimate of drug-likeness (QED) is 0.677. The Morgan fingerprint density at radius 2 is 2.25 bits per heavy atom. The van der Waals surface area contributed by atoms with Crippen LogP contribution in [0, 0.1) is 11.8 Å². The fraction of sp³-hybridized carbons (Fsp3) is 0.133. The third-order valence-corrected chi connectivity index (χ3v) is 4.15. The van der Waals surface area contributed by atoms with Crippen LogP contribution in [0.4, 0.5) is 5.69 Å². The Kier molecular flexibility index (Phi) is 5.24. The van der Waals surface area contributed by atoms with E-state index >= 15 is 0 Å². The van der Waals surface area contributed by atoms with Crippen LogP contribution in [0.1, 0.15) is 15.2 Å². The first-order valence-corrected chi connectivity index (χ1v) is 7.97. The molecule has 102 valence electrons. The molecule has 2 N–H and O–H groups in total. The maximum absolute atomic E-state index is 12.2. The largest absolute Gasteiger partial charge is 0.384 e. The summed E-state index contributed by atoms with van der Waals surface area (Å²) in [6, 6.07) is 9.40. The van der Waals surface area contributed by atoms with Crippen LogP contribution >= 0.6 is 23.1 Å². The van der Waals surface area contributed by atoms with Crippen LogP contribution < -0.4 is 5.32 Å². The van der Waals surface area contributed by atoms with Crippen LogP contribution in [-0.2, 0) is 0 Å². The Morgan fingerprint density at radius 1 is 1.45 bits per heavy atom. The molecule has 1 heterocycles. The molecule has 0 saturated heterocycles. The number of hydrogen-bond donors (Lipinski definition) is 2. The van der Waals surface area contributed by atoms with Gasteiger partial charge < -0.3 is 10.4 Å². The molecule has 0 bridgehead atoms. The molecule has 1 aromatic heterocycles. The fourth-order valence-corrected chi connectivity index (χ4v) is 2.90. The van der Waals surface area contributed by atoms with E-state index in [9.17, 15) is 4.79 Å². The van der Waals surface area contributed by atoms with Crippen LogP contribution in [-0.4, -0.2) is 23.9 Å². The zero-order valence-corrected chi connectivity index (χ0v) is 12.5. The molecule has 0 aliphatic rings. The monoisotopic (exact) mass is 303 g/mol. The number of benzene rings is 1. The van der Waals surface area contributed by atoms with E-state index in [-0.39, 0.29) is 12.5 Å². The van der Waals surface area contributed by atoms with Gasteiger partial charge in [-0.05, 0) is 24.5 Å². The zero-order chi connectivity index (χ0) is 14.4. The Balaban J connectivity index is 2.14. The Morgan fingerprint density at radius 3 is 3.00 bits per heavy atom. The Labute approximate surface area is 126 Å². The molecule has 0 spiro atoms. The van der Waals surface area contributed by atoms with Crippen molar-refractivity contribution in [3.05, 3.63) is 46.2 Å². The van der Waals surface area contributed by atoms with Gasteiger partial charge in [-0.2, -0.15) is 0 Å². The molecule has 0 saturated carbocycles. The van der Waals surface area contributed by atoms with Gasteiger partial charge in [0, 0.05) is 10.3 Å². The summed E-state index contributed by atoms with van der Waals surface area (Å²) in [4.78, 5) is 13.9. The van der Waals surface area contributed by atoms with Gasteiger partial charge in [0.25, 0.3) is 5.91 Å². The SMILES string of the molecule is CSc1ccccc1NC(=O)c1csc(C#CCO)c1. The first-order chi connectivity index (χ1) is 9.74. The summed E-state index contributed by atoms with van der Waals surface area (Å²) in [6.07, 6.45) is 1.97. The van der Waals surface area contributed by atoms with Crippen molar-refractivity contribution in [3.8, 4) is 11.8 Å². The summed E-state index contributed by atoms with van der Waals surface area (Å²) in [5.41, 5.74) is 1.38. The molecule has 0 radical (unpaired) electrons. The number of nitrogens with one attached hydrogen (secondary N) is 1. The summed E-state index contributed by atoms with van der Waals surface area (Å²) in [7, 11) is 0. The van der Waals surface area contributed by atoms with E-state index in [0.29, 0.717) is 5.56 Å². The molecule has 2 rings (SSSR count). The molecule has 1 amide bonds. The van der Waals surface area contributed by atoms with Crippen LogP contribution in [0.2, 0.25) is 0 Å². The van der Waals surface area contributed by atoms with Crippen molar-refractivity contribution in [1.82, 2.24) is 0 Å². The number of aliphatic hydroxyl groups is 1. The number of amides is 1. The summed E-state index contributed by atoms with van der Waals surface area (Å²) >= 11 is 2.97. The molecule has 1 aromatic carbocycles. The highest BCUT2D eigenvalue weighted by atomic mass is 32.2. The number of anilines is 1. The second kappa shape index (κ2) is 7.15. The third kappa shape index (κ3) is 3.64. The van der Waals surface area contributed by atoms with E-state index in [2.05, 4.69) is 17.2 Å². The standard InChI is InChI=1S/C15H13NO2S2/c1-19-14-7-3-2-6-13(14)16-15(18)11-9-12(20-10-11)5-4-8-17/h2-3,6-7,9-10,17H,8H2,1H3,(H,16,18). The molecule has 3 nitrogen and oxygen atoms in total. The maximum atomic E-state index is 12.2.